The SMILES string of the molecule is COc1c(C(=O)O)nn(-c2ccc(Cl)cc2Cl)c1-c1ccc(Cl)cc1. The van der Waals surface area contributed by atoms with Gasteiger partial charge >= 0.3 is 5.97 Å². The number of hydrogen-bond donors (Lipinski definition) is 1. The fraction of sp³-hybridized carbons (Fsp3) is 0.0588. The van der Waals surface area contributed by atoms with Crippen LogP contribution in [-0.2, 0) is 0 Å². The summed E-state index contributed by atoms with van der Waals surface area (Å²) < 4.78 is 6.74. The fourth-order valence-electron chi connectivity index (χ4n) is 2.43. The third kappa shape index (κ3) is 3.31. The van der Waals surface area contributed by atoms with Gasteiger partial charge in [-0.2, -0.15) is 5.10 Å². The summed E-state index contributed by atoms with van der Waals surface area (Å²) in [5.41, 5.74) is 1.37. The smallest absolute Gasteiger partial charge is 0.360 e. The maximum absolute atomic E-state index is 11.6. The van der Waals surface area contributed by atoms with E-state index in [4.69, 9.17) is 39.5 Å². The molecule has 0 aliphatic rings. The Morgan fingerprint density at radius 2 is 1.72 bits per heavy atom. The van der Waals surface area contributed by atoms with E-state index in [0.29, 0.717) is 32.0 Å². The van der Waals surface area contributed by atoms with E-state index in [1.54, 1.807) is 42.5 Å². The zero-order chi connectivity index (χ0) is 18.1. The summed E-state index contributed by atoms with van der Waals surface area (Å²) in [6.45, 7) is 0. The summed E-state index contributed by atoms with van der Waals surface area (Å²) in [4.78, 5) is 11.6. The maximum atomic E-state index is 11.6. The Hall–Kier alpha value is -2.21. The molecule has 128 valence electrons. The summed E-state index contributed by atoms with van der Waals surface area (Å²) in [6.07, 6.45) is 0. The highest BCUT2D eigenvalue weighted by molar-refractivity contribution is 6.35. The molecule has 0 radical (unpaired) electrons. The van der Waals surface area contributed by atoms with Crippen molar-refractivity contribution >= 4 is 40.8 Å². The summed E-state index contributed by atoms with van der Waals surface area (Å²) in [6, 6.07) is 11.7. The number of aromatic carboxylic acids is 1. The molecule has 0 unspecified atom stereocenters. The molecule has 0 saturated heterocycles. The van der Waals surface area contributed by atoms with E-state index in [1.807, 2.05) is 0 Å². The van der Waals surface area contributed by atoms with Crippen LogP contribution in [0.1, 0.15) is 10.5 Å². The predicted octanol–water partition coefficient (Wildman–Crippen LogP) is 5.21. The molecule has 8 heteroatoms. The van der Waals surface area contributed by atoms with E-state index in [9.17, 15) is 9.90 Å². The van der Waals surface area contributed by atoms with Crippen LogP contribution in [0.3, 0.4) is 0 Å². The Balaban J connectivity index is 2.34. The van der Waals surface area contributed by atoms with Gasteiger partial charge in [0.25, 0.3) is 0 Å². The van der Waals surface area contributed by atoms with Gasteiger partial charge in [-0.15, -0.1) is 0 Å². The van der Waals surface area contributed by atoms with Crippen LogP contribution in [0, 0.1) is 0 Å². The average Bonchev–Trinajstić information content (AvgIpc) is 2.95. The molecule has 0 aliphatic heterocycles. The van der Waals surface area contributed by atoms with Crippen LogP contribution < -0.4 is 4.74 Å². The maximum Gasteiger partial charge on any atom is 0.360 e. The summed E-state index contributed by atoms with van der Waals surface area (Å²) in [5, 5.41) is 15.0. The second-order valence-electron chi connectivity index (χ2n) is 5.05. The minimum absolute atomic E-state index is 0.126. The second-order valence-corrected chi connectivity index (χ2v) is 6.33. The van der Waals surface area contributed by atoms with Crippen molar-refractivity contribution in [2.75, 3.05) is 7.11 Å². The van der Waals surface area contributed by atoms with Crippen LogP contribution in [0.5, 0.6) is 5.75 Å². The Morgan fingerprint density at radius 1 is 1.08 bits per heavy atom. The quantitative estimate of drug-likeness (QED) is 0.656. The molecule has 5 nitrogen and oxygen atoms in total. The van der Waals surface area contributed by atoms with Crippen molar-refractivity contribution in [3.05, 3.63) is 63.2 Å². The van der Waals surface area contributed by atoms with E-state index in [0.717, 1.165) is 0 Å². The lowest BCUT2D eigenvalue weighted by Gasteiger charge is -2.11. The number of carboxylic acid groups (broad SMARTS) is 1. The third-order valence-electron chi connectivity index (χ3n) is 3.50. The molecule has 0 amide bonds. The Labute approximate surface area is 158 Å². The standard InChI is InChI=1S/C17H11Cl3N2O3/c1-25-16-14(17(23)24)21-22(13-7-6-11(19)8-12(13)20)15(16)9-2-4-10(18)5-3-9/h2-8H,1H3,(H,23,24). The van der Waals surface area contributed by atoms with Gasteiger partial charge in [0, 0.05) is 15.6 Å². The lowest BCUT2D eigenvalue weighted by molar-refractivity contribution is 0.0686. The molecule has 2 aromatic carbocycles. The van der Waals surface area contributed by atoms with E-state index >= 15 is 0 Å². The molecule has 1 N–H and O–H groups in total. The molecule has 0 aliphatic carbocycles. The molecule has 0 fully saturated rings. The van der Waals surface area contributed by atoms with Crippen molar-refractivity contribution in [1.29, 1.82) is 0 Å². The highest BCUT2D eigenvalue weighted by Crippen LogP contribution is 2.37. The van der Waals surface area contributed by atoms with Crippen LogP contribution in [0.2, 0.25) is 15.1 Å². The number of carboxylic acids is 1. The van der Waals surface area contributed by atoms with Crippen molar-refractivity contribution in [3.8, 4) is 22.7 Å². The summed E-state index contributed by atoms with van der Waals surface area (Å²) in [5.74, 6) is -1.09. The first-order valence-corrected chi connectivity index (χ1v) is 8.17. The molecular weight excluding hydrogens is 387 g/mol. The zero-order valence-corrected chi connectivity index (χ0v) is 15.1. The van der Waals surface area contributed by atoms with Gasteiger partial charge in [-0.3, -0.25) is 0 Å². The third-order valence-corrected chi connectivity index (χ3v) is 4.29. The number of nitrogens with zero attached hydrogens (tertiary/aromatic N) is 2. The number of halogens is 3. The van der Waals surface area contributed by atoms with Gasteiger partial charge in [0.05, 0.1) is 17.8 Å². The van der Waals surface area contributed by atoms with Gasteiger partial charge in [-0.25, -0.2) is 9.48 Å². The second kappa shape index (κ2) is 6.96. The van der Waals surface area contributed by atoms with Crippen LogP contribution in [0.15, 0.2) is 42.5 Å². The number of methoxy groups -OCH3 is 1. The molecule has 0 atom stereocenters. The molecule has 1 heterocycles. The van der Waals surface area contributed by atoms with Gasteiger partial charge < -0.3 is 9.84 Å². The first kappa shape index (κ1) is 17.6. The number of carbonyl (C=O) groups is 1. The van der Waals surface area contributed by atoms with Crippen LogP contribution in [0.25, 0.3) is 16.9 Å². The number of benzene rings is 2. The number of ether oxygens (including phenoxy) is 1. The minimum atomic E-state index is -1.21. The van der Waals surface area contributed by atoms with Gasteiger partial charge in [-0.05, 0) is 30.3 Å². The highest BCUT2D eigenvalue weighted by atomic mass is 35.5. The predicted molar refractivity (Wildman–Crippen MR) is 97.5 cm³/mol. The molecule has 0 saturated carbocycles. The monoisotopic (exact) mass is 396 g/mol. The first-order valence-electron chi connectivity index (χ1n) is 7.04. The highest BCUT2D eigenvalue weighted by Gasteiger charge is 2.26. The molecule has 25 heavy (non-hydrogen) atoms. The van der Waals surface area contributed by atoms with Crippen molar-refractivity contribution in [2.24, 2.45) is 0 Å². The van der Waals surface area contributed by atoms with Gasteiger partial charge in [-0.1, -0.05) is 46.9 Å². The lowest BCUT2D eigenvalue weighted by atomic mass is 10.1. The zero-order valence-electron chi connectivity index (χ0n) is 12.8. The minimum Gasteiger partial charge on any atom is -0.492 e. The average molecular weight is 398 g/mol. The first-order chi connectivity index (χ1) is 11.9. The molecule has 3 aromatic rings. The van der Waals surface area contributed by atoms with Crippen molar-refractivity contribution in [1.82, 2.24) is 9.78 Å². The van der Waals surface area contributed by atoms with Gasteiger partial charge in [0.15, 0.2) is 5.75 Å². The lowest BCUT2D eigenvalue weighted by Crippen LogP contribution is -2.03. The summed E-state index contributed by atoms with van der Waals surface area (Å²) >= 11 is 18.2. The molecule has 0 bridgehead atoms. The van der Waals surface area contributed by atoms with E-state index < -0.39 is 5.97 Å². The number of aromatic nitrogens is 2. The van der Waals surface area contributed by atoms with E-state index in [1.165, 1.54) is 11.8 Å². The van der Waals surface area contributed by atoms with Crippen LogP contribution >= 0.6 is 34.8 Å². The summed E-state index contributed by atoms with van der Waals surface area (Å²) in [7, 11) is 1.39. The Morgan fingerprint density at radius 3 is 2.28 bits per heavy atom. The topological polar surface area (TPSA) is 64.3 Å². The van der Waals surface area contributed by atoms with Gasteiger partial charge in [0.2, 0.25) is 5.69 Å². The molecule has 1 aromatic heterocycles. The molecule has 3 rings (SSSR count). The van der Waals surface area contributed by atoms with E-state index in [-0.39, 0.29) is 11.4 Å². The largest absolute Gasteiger partial charge is 0.492 e. The Bertz CT molecular complexity index is 953. The van der Waals surface area contributed by atoms with Crippen molar-refractivity contribution in [2.45, 2.75) is 0 Å². The number of hydrogen-bond acceptors (Lipinski definition) is 3. The van der Waals surface area contributed by atoms with Gasteiger partial charge in [0.1, 0.15) is 5.69 Å². The van der Waals surface area contributed by atoms with Crippen molar-refractivity contribution in [3.63, 3.8) is 0 Å². The van der Waals surface area contributed by atoms with Crippen LogP contribution in [0.4, 0.5) is 0 Å². The fourth-order valence-corrected chi connectivity index (χ4v) is 3.04. The molecular formula is C17H11Cl3N2O3. The Kier molecular flexibility index (Phi) is 4.90. The normalized spacial score (nSPS) is 10.7. The van der Waals surface area contributed by atoms with Crippen molar-refractivity contribution < 1.29 is 14.6 Å². The van der Waals surface area contributed by atoms with E-state index in [2.05, 4.69) is 5.10 Å². The van der Waals surface area contributed by atoms with Crippen LogP contribution in [-0.4, -0.2) is 28.0 Å². The molecule has 0 spiro atoms. The number of rotatable bonds is 4.